The minimum absolute atomic E-state index is 0.0672. The monoisotopic (exact) mass is 425 g/mol. The summed E-state index contributed by atoms with van der Waals surface area (Å²) in [6.45, 7) is 9.81. The van der Waals surface area contributed by atoms with E-state index in [9.17, 15) is 4.79 Å². The summed E-state index contributed by atoms with van der Waals surface area (Å²) in [5, 5.41) is 8.64. The van der Waals surface area contributed by atoms with E-state index >= 15 is 0 Å². The normalized spacial score (nSPS) is 16.3. The Kier molecular flexibility index (Phi) is 6.11. The first kappa shape index (κ1) is 20.9. The molecule has 1 aliphatic rings. The zero-order valence-corrected chi connectivity index (χ0v) is 18.7. The number of carbonyl (C=O) groups excluding carboxylic acids is 1. The van der Waals surface area contributed by atoms with Gasteiger partial charge in [-0.3, -0.25) is 4.79 Å². The van der Waals surface area contributed by atoms with Gasteiger partial charge in [0.05, 0.1) is 11.9 Å². The fourth-order valence-corrected chi connectivity index (χ4v) is 4.47. The Morgan fingerprint density at radius 3 is 2.73 bits per heavy atom. The minimum atomic E-state index is 0.0672. The molecule has 0 unspecified atom stereocenters. The highest BCUT2D eigenvalue weighted by Crippen LogP contribution is 2.26. The first-order valence-corrected chi connectivity index (χ1v) is 11.3. The van der Waals surface area contributed by atoms with Gasteiger partial charge < -0.3 is 13.7 Å². The molecule has 0 bridgehead atoms. The van der Waals surface area contributed by atoms with E-state index in [2.05, 4.69) is 28.6 Å². The zero-order chi connectivity index (χ0) is 21.3. The number of ketones is 1. The highest BCUT2D eigenvalue weighted by atomic mass is 32.2. The molecule has 1 aliphatic heterocycles. The quantitative estimate of drug-likeness (QED) is 0.395. The molecule has 0 saturated carbocycles. The van der Waals surface area contributed by atoms with Gasteiger partial charge in [0.2, 0.25) is 5.89 Å². The first-order chi connectivity index (χ1) is 14.4. The fraction of sp³-hybridized carbons (Fsp3) is 0.435. The van der Waals surface area contributed by atoms with E-state index < -0.39 is 0 Å². The van der Waals surface area contributed by atoms with Crippen molar-refractivity contribution in [1.29, 1.82) is 0 Å². The molecule has 0 radical (unpaired) electrons. The van der Waals surface area contributed by atoms with Crippen molar-refractivity contribution in [2.24, 2.45) is 0 Å². The van der Waals surface area contributed by atoms with Crippen molar-refractivity contribution < 1.29 is 13.9 Å². The fourth-order valence-electron chi connectivity index (χ4n) is 3.82. The molecular weight excluding hydrogens is 398 g/mol. The van der Waals surface area contributed by atoms with Crippen molar-refractivity contribution in [3.8, 4) is 11.5 Å². The predicted molar refractivity (Wildman–Crippen MR) is 117 cm³/mol. The third-order valence-electron chi connectivity index (χ3n) is 5.77. The average molecular weight is 426 g/mol. The maximum atomic E-state index is 12.8. The molecule has 3 aromatic rings. The van der Waals surface area contributed by atoms with Crippen molar-refractivity contribution in [1.82, 2.24) is 14.8 Å². The summed E-state index contributed by atoms with van der Waals surface area (Å²) < 4.78 is 13.7. The summed E-state index contributed by atoms with van der Waals surface area (Å²) in [6, 6.07) is 8.02. The summed E-state index contributed by atoms with van der Waals surface area (Å²) in [5.41, 5.74) is 6.12. The lowest BCUT2D eigenvalue weighted by atomic mass is 10.1. The molecule has 0 aliphatic carbocycles. The highest BCUT2D eigenvalue weighted by molar-refractivity contribution is 7.99. The number of aromatic nitrogens is 3. The predicted octanol–water partition coefficient (Wildman–Crippen LogP) is 4.93. The Morgan fingerprint density at radius 1 is 1.17 bits per heavy atom. The second kappa shape index (κ2) is 8.78. The van der Waals surface area contributed by atoms with E-state index in [-0.39, 0.29) is 17.6 Å². The van der Waals surface area contributed by atoms with Gasteiger partial charge in [-0.25, -0.2) is 0 Å². The molecule has 1 saturated heterocycles. The number of Topliss-reactive ketones (excluding diaryl/α,β-unsaturated/α-hetero) is 1. The molecule has 30 heavy (non-hydrogen) atoms. The summed E-state index contributed by atoms with van der Waals surface area (Å²) in [5.74, 6) is 0.805. The van der Waals surface area contributed by atoms with Crippen LogP contribution < -0.4 is 0 Å². The van der Waals surface area contributed by atoms with E-state index in [0.29, 0.717) is 11.1 Å². The molecule has 0 spiro atoms. The Hall–Kier alpha value is -2.38. The molecule has 3 heterocycles. The maximum Gasteiger partial charge on any atom is 0.277 e. The molecule has 2 aromatic heterocycles. The Morgan fingerprint density at radius 2 is 2.00 bits per heavy atom. The number of thioether (sulfide) groups is 1. The number of nitrogens with zero attached hydrogens (tertiary/aromatic N) is 3. The summed E-state index contributed by atoms with van der Waals surface area (Å²) in [7, 11) is 0. The molecule has 6 nitrogen and oxygen atoms in total. The highest BCUT2D eigenvalue weighted by Gasteiger charge is 2.21. The van der Waals surface area contributed by atoms with E-state index in [1.165, 1.54) is 22.9 Å². The van der Waals surface area contributed by atoms with E-state index in [4.69, 9.17) is 9.15 Å². The van der Waals surface area contributed by atoms with Gasteiger partial charge in [-0.15, -0.1) is 10.2 Å². The first-order valence-electron chi connectivity index (χ1n) is 10.3. The number of carbonyl (C=O) groups is 1. The number of benzene rings is 1. The SMILES string of the molecule is Cc1ccc(-c2nnc(SCC(=O)c3cc(C)n(C[C@@H]4CCCO4)c3C)o2)cc1C. The number of hydrogen-bond donors (Lipinski definition) is 0. The van der Waals surface area contributed by atoms with Crippen LogP contribution in [-0.4, -0.2) is 39.0 Å². The van der Waals surface area contributed by atoms with Crippen LogP contribution in [0.25, 0.3) is 11.5 Å². The third-order valence-corrected chi connectivity index (χ3v) is 6.59. The summed E-state index contributed by atoms with van der Waals surface area (Å²) >= 11 is 1.28. The maximum absolute atomic E-state index is 12.8. The van der Waals surface area contributed by atoms with E-state index in [0.717, 1.165) is 48.5 Å². The Balaban J connectivity index is 1.41. The van der Waals surface area contributed by atoms with Gasteiger partial charge in [-0.1, -0.05) is 17.8 Å². The lowest BCUT2D eigenvalue weighted by Crippen LogP contribution is -2.17. The van der Waals surface area contributed by atoms with Crippen LogP contribution in [0.1, 0.15) is 45.7 Å². The van der Waals surface area contributed by atoms with Gasteiger partial charge >= 0.3 is 0 Å². The Labute approximate surface area is 181 Å². The van der Waals surface area contributed by atoms with Gasteiger partial charge in [0.1, 0.15) is 0 Å². The van der Waals surface area contributed by atoms with Gasteiger partial charge in [0, 0.05) is 35.7 Å². The molecule has 1 fully saturated rings. The summed E-state index contributed by atoms with van der Waals surface area (Å²) in [6.07, 6.45) is 2.44. The second-order valence-corrected chi connectivity index (χ2v) is 8.84. The third kappa shape index (κ3) is 4.37. The van der Waals surface area contributed by atoms with Crippen LogP contribution in [0.5, 0.6) is 0 Å². The van der Waals surface area contributed by atoms with E-state index in [1.54, 1.807) is 0 Å². The van der Waals surface area contributed by atoms with Crippen LogP contribution in [0.3, 0.4) is 0 Å². The second-order valence-electron chi connectivity index (χ2n) is 7.91. The minimum Gasteiger partial charge on any atom is -0.411 e. The topological polar surface area (TPSA) is 70.2 Å². The lowest BCUT2D eigenvalue weighted by Gasteiger charge is -2.14. The standard InChI is InChI=1S/C23H27N3O3S/c1-14-7-8-18(10-15(14)2)22-24-25-23(29-22)30-13-21(27)20-11-16(3)26(17(20)4)12-19-6-5-9-28-19/h7-8,10-11,19H,5-6,9,12-13H2,1-4H3/t19-/m0/s1. The van der Waals surface area contributed by atoms with Gasteiger partial charge in [-0.2, -0.15) is 0 Å². The number of aryl methyl sites for hydroxylation is 3. The van der Waals surface area contributed by atoms with Crippen LogP contribution in [-0.2, 0) is 11.3 Å². The summed E-state index contributed by atoms with van der Waals surface area (Å²) in [4.78, 5) is 12.8. The van der Waals surface area contributed by atoms with Crippen molar-refractivity contribution in [2.45, 2.75) is 58.4 Å². The van der Waals surface area contributed by atoms with Crippen LogP contribution >= 0.6 is 11.8 Å². The van der Waals surface area contributed by atoms with Crippen molar-refractivity contribution in [2.75, 3.05) is 12.4 Å². The molecular formula is C23H27N3O3S. The van der Waals surface area contributed by atoms with Gasteiger partial charge in [0.25, 0.3) is 5.22 Å². The van der Waals surface area contributed by atoms with Crippen molar-refractivity contribution >= 4 is 17.5 Å². The smallest absolute Gasteiger partial charge is 0.277 e. The van der Waals surface area contributed by atoms with Crippen molar-refractivity contribution in [3.05, 3.63) is 52.3 Å². The molecule has 0 N–H and O–H groups in total. The zero-order valence-electron chi connectivity index (χ0n) is 17.9. The van der Waals surface area contributed by atoms with Crippen LogP contribution in [0.4, 0.5) is 0 Å². The Bertz CT molecular complexity index is 1060. The van der Waals surface area contributed by atoms with Gasteiger partial charge in [-0.05, 0) is 69.9 Å². The van der Waals surface area contributed by atoms with Crippen LogP contribution in [0.2, 0.25) is 0 Å². The van der Waals surface area contributed by atoms with Gasteiger partial charge in [0.15, 0.2) is 5.78 Å². The van der Waals surface area contributed by atoms with Crippen LogP contribution in [0, 0.1) is 27.7 Å². The van der Waals surface area contributed by atoms with Crippen molar-refractivity contribution in [3.63, 3.8) is 0 Å². The lowest BCUT2D eigenvalue weighted by molar-refractivity contribution is 0.0957. The molecule has 1 atom stereocenters. The van der Waals surface area contributed by atoms with Crippen LogP contribution in [0.15, 0.2) is 33.9 Å². The molecule has 1 aromatic carbocycles. The largest absolute Gasteiger partial charge is 0.411 e. The molecule has 158 valence electrons. The molecule has 4 rings (SSSR count). The number of hydrogen-bond acceptors (Lipinski definition) is 6. The number of rotatable bonds is 7. The average Bonchev–Trinajstić information content (AvgIpc) is 3.46. The molecule has 0 amide bonds. The van der Waals surface area contributed by atoms with E-state index in [1.807, 2.05) is 38.1 Å². The molecule has 7 heteroatoms. The number of ether oxygens (including phenoxy) is 1.